The van der Waals surface area contributed by atoms with Gasteiger partial charge in [0.05, 0.1) is 18.8 Å². The first kappa shape index (κ1) is 14.3. The molecule has 0 aliphatic rings. The standard InChI is InChI=1S/C16H19FN2O/c1-3-7-20-16-6-4-5-15(9-16)19-12(2)13-8-14(17)11-18-10-13/h4-6,8-12,19H,3,7H2,1-2H3. The largest absolute Gasteiger partial charge is 0.494 e. The zero-order valence-electron chi connectivity index (χ0n) is 11.8. The highest BCUT2D eigenvalue weighted by molar-refractivity contribution is 5.49. The van der Waals surface area contributed by atoms with Crippen LogP contribution in [0.25, 0.3) is 0 Å². The summed E-state index contributed by atoms with van der Waals surface area (Å²) in [6.45, 7) is 4.74. The molecule has 0 saturated heterocycles. The van der Waals surface area contributed by atoms with Gasteiger partial charge in [0.15, 0.2) is 0 Å². The lowest BCUT2D eigenvalue weighted by molar-refractivity contribution is 0.317. The number of rotatable bonds is 6. The van der Waals surface area contributed by atoms with E-state index < -0.39 is 0 Å². The SMILES string of the molecule is CCCOc1cccc(NC(C)c2cncc(F)c2)c1. The summed E-state index contributed by atoms with van der Waals surface area (Å²) >= 11 is 0. The Morgan fingerprint density at radius 1 is 1.30 bits per heavy atom. The molecule has 0 fully saturated rings. The summed E-state index contributed by atoms with van der Waals surface area (Å²) in [4.78, 5) is 3.87. The molecule has 4 heteroatoms. The van der Waals surface area contributed by atoms with E-state index in [1.165, 1.54) is 12.3 Å². The Hall–Kier alpha value is -2.10. The molecule has 20 heavy (non-hydrogen) atoms. The van der Waals surface area contributed by atoms with Crippen molar-refractivity contribution in [2.75, 3.05) is 11.9 Å². The Morgan fingerprint density at radius 2 is 2.15 bits per heavy atom. The van der Waals surface area contributed by atoms with Crippen LogP contribution in [0.3, 0.4) is 0 Å². The fraction of sp³-hybridized carbons (Fsp3) is 0.312. The fourth-order valence-corrected chi connectivity index (χ4v) is 1.89. The zero-order chi connectivity index (χ0) is 14.4. The van der Waals surface area contributed by atoms with Gasteiger partial charge in [-0.1, -0.05) is 13.0 Å². The molecule has 0 saturated carbocycles. The van der Waals surface area contributed by atoms with Crippen molar-refractivity contribution in [3.05, 3.63) is 54.1 Å². The summed E-state index contributed by atoms with van der Waals surface area (Å²) in [5.74, 6) is 0.512. The maximum atomic E-state index is 13.2. The lowest BCUT2D eigenvalue weighted by atomic mass is 10.1. The summed E-state index contributed by atoms with van der Waals surface area (Å²) in [7, 11) is 0. The predicted molar refractivity (Wildman–Crippen MR) is 78.5 cm³/mol. The van der Waals surface area contributed by atoms with Gasteiger partial charge >= 0.3 is 0 Å². The number of halogens is 1. The minimum atomic E-state index is -0.323. The molecule has 3 nitrogen and oxygen atoms in total. The molecule has 0 aliphatic heterocycles. The van der Waals surface area contributed by atoms with Crippen molar-refractivity contribution in [3.63, 3.8) is 0 Å². The molecule has 1 aromatic carbocycles. The molecule has 1 aromatic heterocycles. The molecule has 1 unspecified atom stereocenters. The van der Waals surface area contributed by atoms with Crippen molar-refractivity contribution >= 4 is 5.69 Å². The first-order valence-corrected chi connectivity index (χ1v) is 6.79. The van der Waals surface area contributed by atoms with Gasteiger partial charge in [0.25, 0.3) is 0 Å². The number of hydrogen-bond acceptors (Lipinski definition) is 3. The topological polar surface area (TPSA) is 34.1 Å². The van der Waals surface area contributed by atoms with Crippen LogP contribution in [0.15, 0.2) is 42.7 Å². The molecule has 0 bridgehead atoms. The first-order valence-electron chi connectivity index (χ1n) is 6.79. The van der Waals surface area contributed by atoms with Crippen LogP contribution in [0.4, 0.5) is 10.1 Å². The van der Waals surface area contributed by atoms with E-state index in [1.54, 1.807) is 6.20 Å². The normalized spacial score (nSPS) is 11.9. The van der Waals surface area contributed by atoms with Gasteiger partial charge in [0.1, 0.15) is 11.6 Å². The first-order chi connectivity index (χ1) is 9.69. The number of nitrogens with one attached hydrogen (secondary N) is 1. The van der Waals surface area contributed by atoms with E-state index in [1.807, 2.05) is 31.2 Å². The quantitative estimate of drug-likeness (QED) is 0.858. The smallest absolute Gasteiger partial charge is 0.141 e. The highest BCUT2D eigenvalue weighted by atomic mass is 19.1. The van der Waals surface area contributed by atoms with Gasteiger partial charge in [0.2, 0.25) is 0 Å². The van der Waals surface area contributed by atoms with Gasteiger partial charge in [-0.05, 0) is 37.1 Å². The van der Waals surface area contributed by atoms with Gasteiger partial charge < -0.3 is 10.1 Å². The summed E-state index contributed by atoms with van der Waals surface area (Å²) < 4.78 is 18.7. The van der Waals surface area contributed by atoms with Crippen molar-refractivity contribution in [2.45, 2.75) is 26.3 Å². The average Bonchev–Trinajstić information content (AvgIpc) is 2.45. The third-order valence-corrected chi connectivity index (χ3v) is 2.92. The second-order valence-electron chi connectivity index (χ2n) is 4.68. The number of pyridine rings is 1. The second-order valence-corrected chi connectivity index (χ2v) is 4.68. The van der Waals surface area contributed by atoms with Crippen molar-refractivity contribution in [1.29, 1.82) is 0 Å². The van der Waals surface area contributed by atoms with Gasteiger partial charge in [-0.15, -0.1) is 0 Å². The number of aromatic nitrogens is 1. The zero-order valence-corrected chi connectivity index (χ0v) is 11.8. The number of benzene rings is 1. The molecule has 0 aliphatic carbocycles. The van der Waals surface area contributed by atoms with Crippen molar-refractivity contribution in [1.82, 2.24) is 4.98 Å². The van der Waals surface area contributed by atoms with Crippen LogP contribution >= 0.6 is 0 Å². The minimum absolute atomic E-state index is 0.0281. The van der Waals surface area contributed by atoms with E-state index in [2.05, 4.69) is 17.2 Å². The lowest BCUT2D eigenvalue weighted by Gasteiger charge is -2.16. The van der Waals surface area contributed by atoms with Gasteiger partial charge in [-0.25, -0.2) is 4.39 Å². The lowest BCUT2D eigenvalue weighted by Crippen LogP contribution is -2.07. The Labute approximate surface area is 118 Å². The Balaban J connectivity index is 2.05. The highest BCUT2D eigenvalue weighted by Gasteiger charge is 2.07. The van der Waals surface area contributed by atoms with Crippen LogP contribution < -0.4 is 10.1 Å². The van der Waals surface area contributed by atoms with Crippen LogP contribution in [0, 0.1) is 5.82 Å². The third kappa shape index (κ3) is 3.95. The van der Waals surface area contributed by atoms with E-state index in [4.69, 9.17) is 4.74 Å². The van der Waals surface area contributed by atoms with Gasteiger partial charge in [-0.3, -0.25) is 4.98 Å². The summed E-state index contributed by atoms with van der Waals surface area (Å²) in [6.07, 6.45) is 3.84. The number of nitrogens with zero attached hydrogens (tertiary/aromatic N) is 1. The Bertz CT molecular complexity index is 560. The molecule has 0 spiro atoms. The van der Waals surface area contributed by atoms with Crippen molar-refractivity contribution in [2.24, 2.45) is 0 Å². The van der Waals surface area contributed by atoms with Crippen molar-refractivity contribution in [3.8, 4) is 5.75 Å². The second kappa shape index (κ2) is 6.89. The number of hydrogen-bond donors (Lipinski definition) is 1. The molecule has 0 amide bonds. The van der Waals surface area contributed by atoms with Crippen molar-refractivity contribution < 1.29 is 9.13 Å². The van der Waals surface area contributed by atoms with E-state index in [-0.39, 0.29) is 11.9 Å². The average molecular weight is 274 g/mol. The molecule has 106 valence electrons. The van der Waals surface area contributed by atoms with E-state index in [9.17, 15) is 4.39 Å². The highest BCUT2D eigenvalue weighted by Crippen LogP contribution is 2.22. The number of anilines is 1. The molecule has 0 radical (unpaired) electrons. The van der Waals surface area contributed by atoms with Crippen LogP contribution in [0.1, 0.15) is 31.9 Å². The van der Waals surface area contributed by atoms with E-state index >= 15 is 0 Å². The minimum Gasteiger partial charge on any atom is -0.494 e. The maximum Gasteiger partial charge on any atom is 0.141 e. The van der Waals surface area contributed by atoms with Gasteiger partial charge in [0, 0.05) is 18.0 Å². The summed E-state index contributed by atoms with van der Waals surface area (Å²) in [5.41, 5.74) is 1.75. The third-order valence-electron chi connectivity index (χ3n) is 2.92. The Morgan fingerprint density at radius 3 is 2.90 bits per heavy atom. The molecule has 2 aromatic rings. The van der Waals surface area contributed by atoms with E-state index in [0.717, 1.165) is 23.4 Å². The van der Waals surface area contributed by atoms with Crippen LogP contribution in [-0.2, 0) is 0 Å². The number of ether oxygens (including phenoxy) is 1. The molecular weight excluding hydrogens is 255 g/mol. The molecular formula is C16H19FN2O. The molecule has 1 N–H and O–H groups in total. The maximum absolute atomic E-state index is 13.2. The summed E-state index contributed by atoms with van der Waals surface area (Å²) in [5, 5.41) is 3.32. The molecule has 1 heterocycles. The van der Waals surface area contributed by atoms with Gasteiger partial charge in [-0.2, -0.15) is 0 Å². The Kier molecular flexibility index (Phi) is 4.93. The molecule has 2 rings (SSSR count). The fourth-order valence-electron chi connectivity index (χ4n) is 1.89. The predicted octanol–water partition coefficient (Wildman–Crippen LogP) is 4.18. The van der Waals surface area contributed by atoms with Crippen LogP contribution in [0.5, 0.6) is 5.75 Å². The van der Waals surface area contributed by atoms with E-state index in [0.29, 0.717) is 6.61 Å². The van der Waals surface area contributed by atoms with Crippen LogP contribution in [0.2, 0.25) is 0 Å². The summed E-state index contributed by atoms with van der Waals surface area (Å²) in [6, 6.07) is 9.22. The van der Waals surface area contributed by atoms with Crippen LogP contribution in [-0.4, -0.2) is 11.6 Å². The molecule has 1 atom stereocenters. The monoisotopic (exact) mass is 274 g/mol.